The standard InChI is InChI=1S/C17H27BrN2O/c1-4-15-11-21-12(3)10-20(15)17(16(19)5-2)13-6-8-14(18)9-7-13/h6-9,12,15-17H,4-5,10-11,19H2,1-3H3. The zero-order chi connectivity index (χ0) is 15.4. The van der Waals surface area contributed by atoms with E-state index >= 15 is 0 Å². The van der Waals surface area contributed by atoms with E-state index in [4.69, 9.17) is 10.5 Å². The second-order valence-electron chi connectivity index (χ2n) is 5.97. The van der Waals surface area contributed by atoms with Crippen molar-refractivity contribution in [2.24, 2.45) is 5.73 Å². The maximum Gasteiger partial charge on any atom is 0.0675 e. The number of morpholine rings is 1. The number of hydrogen-bond donors (Lipinski definition) is 1. The maximum absolute atomic E-state index is 6.49. The van der Waals surface area contributed by atoms with Gasteiger partial charge < -0.3 is 10.5 Å². The quantitative estimate of drug-likeness (QED) is 0.875. The topological polar surface area (TPSA) is 38.5 Å². The van der Waals surface area contributed by atoms with E-state index < -0.39 is 0 Å². The van der Waals surface area contributed by atoms with Gasteiger partial charge in [0.2, 0.25) is 0 Å². The van der Waals surface area contributed by atoms with Crippen LogP contribution in [0.5, 0.6) is 0 Å². The molecule has 2 rings (SSSR count). The molecule has 0 aliphatic carbocycles. The summed E-state index contributed by atoms with van der Waals surface area (Å²) in [5, 5.41) is 0. The van der Waals surface area contributed by atoms with Crippen LogP contribution < -0.4 is 5.73 Å². The van der Waals surface area contributed by atoms with E-state index in [-0.39, 0.29) is 18.2 Å². The molecule has 118 valence electrons. The zero-order valence-electron chi connectivity index (χ0n) is 13.3. The highest BCUT2D eigenvalue weighted by Gasteiger charge is 2.34. The molecule has 0 saturated carbocycles. The summed E-state index contributed by atoms with van der Waals surface area (Å²) in [6, 6.07) is 9.46. The molecule has 1 aliphatic rings. The van der Waals surface area contributed by atoms with Crippen LogP contribution in [-0.2, 0) is 4.74 Å². The van der Waals surface area contributed by atoms with Crippen molar-refractivity contribution in [3.8, 4) is 0 Å². The van der Waals surface area contributed by atoms with Crippen molar-refractivity contribution in [3.63, 3.8) is 0 Å². The Hall–Kier alpha value is -0.420. The number of hydrogen-bond acceptors (Lipinski definition) is 3. The first-order chi connectivity index (χ1) is 10.1. The third kappa shape index (κ3) is 4.07. The number of halogens is 1. The van der Waals surface area contributed by atoms with Gasteiger partial charge in [-0.15, -0.1) is 0 Å². The minimum absolute atomic E-state index is 0.144. The Kier molecular flexibility index (Phi) is 6.23. The molecule has 0 amide bonds. The van der Waals surface area contributed by atoms with Crippen molar-refractivity contribution < 1.29 is 4.74 Å². The first-order valence-electron chi connectivity index (χ1n) is 7.95. The highest BCUT2D eigenvalue weighted by atomic mass is 79.9. The third-order valence-electron chi connectivity index (χ3n) is 4.43. The van der Waals surface area contributed by atoms with Crippen molar-refractivity contribution in [2.75, 3.05) is 13.2 Å². The van der Waals surface area contributed by atoms with Crippen molar-refractivity contribution in [3.05, 3.63) is 34.3 Å². The van der Waals surface area contributed by atoms with E-state index in [2.05, 4.69) is 65.9 Å². The van der Waals surface area contributed by atoms with E-state index in [1.165, 1.54) is 5.56 Å². The van der Waals surface area contributed by atoms with Gasteiger partial charge in [0.1, 0.15) is 0 Å². The SMILES string of the molecule is CCC(N)C(c1ccc(Br)cc1)N1CC(C)OCC1CC. The molecule has 4 heteroatoms. The van der Waals surface area contributed by atoms with Crippen LogP contribution in [0, 0.1) is 0 Å². The summed E-state index contributed by atoms with van der Waals surface area (Å²) in [7, 11) is 0. The van der Waals surface area contributed by atoms with Crippen LogP contribution in [0.2, 0.25) is 0 Å². The molecule has 0 radical (unpaired) electrons. The molecule has 0 bridgehead atoms. The van der Waals surface area contributed by atoms with Crippen LogP contribution in [-0.4, -0.2) is 36.2 Å². The molecule has 4 atom stereocenters. The summed E-state index contributed by atoms with van der Waals surface area (Å²) < 4.78 is 6.95. The third-order valence-corrected chi connectivity index (χ3v) is 4.96. The molecule has 1 heterocycles. The average molecular weight is 355 g/mol. The molecule has 21 heavy (non-hydrogen) atoms. The summed E-state index contributed by atoms with van der Waals surface area (Å²) in [5.41, 5.74) is 7.79. The van der Waals surface area contributed by atoms with E-state index in [0.29, 0.717) is 6.04 Å². The molecule has 2 N–H and O–H groups in total. The Morgan fingerprint density at radius 2 is 2.00 bits per heavy atom. The van der Waals surface area contributed by atoms with Gasteiger partial charge in [-0.3, -0.25) is 4.90 Å². The minimum Gasteiger partial charge on any atom is -0.376 e. The summed E-state index contributed by atoms with van der Waals surface area (Å²) in [6.07, 6.45) is 2.34. The van der Waals surface area contributed by atoms with Gasteiger partial charge in [-0.05, 0) is 37.5 Å². The highest BCUT2D eigenvalue weighted by Crippen LogP contribution is 2.31. The lowest BCUT2D eigenvalue weighted by atomic mass is 9.93. The first-order valence-corrected chi connectivity index (χ1v) is 8.74. The van der Waals surface area contributed by atoms with E-state index in [9.17, 15) is 0 Å². The van der Waals surface area contributed by atoms with Crippen LogP contribution in [0.3, 0.4) is 0 Å². The summed E-state index contributed by atoms with van der Waals surface area (Å²) >= 11 is 3.51. The smallest absolute Gasteiger partial charge is 0.0675 e. The van der Waals surface area contributed by atoms with Crippen LogP contribution in [0.25, 0.3) is 0 Å². The van der Waals surface area contributed by atoms with Crippen LogP contribution >= 0.6 is 15.9 Å². The predicted molar refractivity (Wildman–Crippen MR) is 91.3 cm³/mol. The molecular weight excluding hydrogens is 328 g/mol. The lowest BCUT2D eigenvalue weighted by Crippen LogP contribution is -2.53. The van der Waals surface area contributed by atoms with Gasteiger partial charge >= 0.3 is 0 Å². The molecule has 0 aromatic heterocycles. The molecular formula is C17H27BrN2O. The zero-order valence-corrected chi connectivity index (χ0v) is 14.8. The van der Waals surface area contributed by atoms with Gasteiger partial charge in [0.05, 0.1) is 18.8 Å². The van der Waals surface area contributed by atoms with Gasteiger partial charge in [-0.25, -0.2) is 0 Å². The van der Waals surface area contributed by atoms with Crippen molar-refractivity contribution in [2.45, 2.75) is 57.8 Å². The van der Waals surface area contributed by atoms with Crippen molar-refractivity contribution >= 4 is 15.9 Å². The van der Waals surface area contributed by atoms with E-state index in [1.54, 1.807) is 0 Å². The first kappa shape index (κ1) is 16.9. The lowest BCUT2D eigenvalue weighted by Gasteiger charge is -2.45. The summed E-state index contributed by atoms with van der Waals surface area (Å²) in [4.78, 5) is 2.56. The Bertz CT molecular complexity index is 437. The van der Waals surface area contributed by atoms with Crippen molar-refractivity contribution in [1.82, 2.24) is 4.90 Å². The molecule has 1 aromatic carbocycles. The second kappa shape index (κ2) is 7.73. The Labute approximate surface area is 137 Å². The summed E-state index contributed by atoms with van der Waals surface area (Å²) in [6.45, 7) is 8.30. The van der Waals surface area contributed by atoms with Crippen molar-refractivity contribution in [1.29, 1.82) is 0 Å². The van der Waals surface area contributed by atoms with Gasteiger partial charge in [-0.2, -0.15) is 0 Å². The minimum atomic E-state index is 0.144. The van der Waals surface area contributed by atoms with Gasteiger partial charge in [-0.1, -0.05) is 41.9 Å². The fraction of sp³-hybridized carbons (Fsp3) is 0.647. The summed E-state index contributed by atoms with van der Waals surface area (Å²) in [5.74, 6) is 0. The van der Waals surface area contributed by atoms with Gasteiger partial charge in [0, 0.05) is 23.1 Å². The predicted octanol–water partition coefficient (Wildman–Crippen LogP) is 3.73. The maximum atomic E-state index is 6.49. The molecule has 1 aliphatic heterocycles. The van der Waals surface area contributed by atoms with Crippen LogP contribution in [0.15, 0.2) is 28.7 Å². The second-order valence-corrected chi connectivity index (χ2v) is 6.89. The fourth-order valence-corrected chi connectivity index (χ4v) is 3.39. The lowest BCUT2D eigenvalue weighted by molar-refractivity contribution is -0.0771. The highest BCUT2D eigenvalue weighted by molar-refractivity contribution is 9.10. The van der Waals surface area contributed by atoms with Gasteiger partial charge in [0.15, 0.2) is 0 Å². The fourth-order valence-electron chi connectivity index (χ4n) is 3.13. The van der Waals surface area contributed by atoms with Crippen LogP contribution in [0.1, 0.15) is 45.2 Å². The molecule has 4 unspecified atom stereocenters. The van der Waals surface area contributed by atoms with Gasteiger partial charge in [0.25, 0.3) is 0 Å². The molecule has 1 aromatic rings. The largest absolute Gasteiger partial charge is 0.376 e. The number of ether oxygens (including phenoxy) is 1. The Morgan fingerprint density at radius 3 is 2.57 bits per heavy atom. The average Bonchev–Trinajstić information content (AvgIpc) is 2.49. The number of nitrogens with zero attached hydrogens (tertiary/aromatic N) is 1. The number of nitrogens with two attached hydrogens (primary N) is 1. The number of benzene rings is 1. The Morgan fingerprint density at radius 1 is 1.33 bits per heavy atom. The monoisotopic (exact) mass is 354 g/mol. The van der Waals surface area contributed by atoms with E-state index in [0.717, 1.165) is 30.5 Å². The van der Waals surface area contributed by atoms with E-state index in [1.807, 2.05) is 0 Å². The van der Waals surface area contributed by atoms with Crippen LogP contribution in [0.4, 0.5) is 0 Å². The normalized spacial score (nSPS) is 26.5. The molecule has 1 saturated heterocycles. The molecule has 0 spiro atoms. The Balaban J connectivity index is 2.31. The number of rotatable bonds is 5. The molecule has 3 nitrogen and oxygen atoms in total. The molecule has 1 fully saturated rings.